The van der Waals surface area contributed by atoms with Crippen molar-refractivity contribution in [3.8, 4) is 5.75 Å². The van der Waals surface area contributed by atoms with Gasteiger partial charge in [-0.05, 0) is 32.4 Å². The molecule has 2 aromatic rings. The van der Waals surface area contributed by atoms with E-state index in [9.17, 15) is 19.8 Å². The van der Waals surface area contributed by atoms with Crippen LogP contribution in [0.2, 0.25) is 0 Å². The Morgan fingerprint density at radius 3 is 1.97 bits per heavy atom. The minimum atomic E-state index is -1.52. The van der Waals surface area contributed by atoms with Gasteiger partial charge < -0.3 is 29.7 Å². The number of hydrogen-bond donors (Lipinski definition) is 3. The topological polar surface area (TPSA) is 114 Å². The first kappa shape index (κ1) is 21.8. The lowest BCUT2D eigenvalue weighted by Gasteiger charge is -2.30. The van der Waals surface area contributed by atoms with Gasteiger partial charge in [0.1, 0.15) is 29.8 Å². The molecular formula is C23H23NO7. The fourth-order valence-corrected chi connectivity index (χ4v) is 3.39. The number of carbonyl (C=O) groups is 2. The smallest absolute Gasteiger partial charge is 0.489 e. The summed E-state index contributed by atoms with van der Waals surface area (Å²) >= 11 is 0. The van der Waals surface area contributed by atoms with E-state index in [1.54, 1.807) is 38.1 Å². The van der Waals surface area contributed by atoms with Crippen LogP contribution >= 0.6 is 0 Å². The highest BCUT2D eigenvalue weighted by Crippen LogP contribution is 2.42. The second-order valence-electron chi connectivity index (χ2n) is 7.08. The number of allylic oxidation sites excluding steroid dienone is 2. The van der Waals surface area contributed by atoms with Gasteiger partial charge in [-0.2, -0.15) is 0 Å². The predicted octanol–water partition coefficient (Wildman–Crippen LogP) is 5.11. The molecule has 0 radical (unpaired) electrons. The molecule has 0 fully saturated rings. The number of hydrogen-bond acceptors (Lipinski definition) is 6. The number of dihydropyridines is 1. The summed E-state index contributed by atoms with van der Waals surface area (Å²) in [6.07, 6.45) is -3.04. The Morgan fingerprint density at radius 1 is 0.871 bits per heavy atom. The van der Waals surface area contributed by atoms with Gasteiger partial charge in [0.25, 0.3) is 0 Å². The second-order valence-corrected chi connectivity index (χ2v) is 7.08. The summed E-state index contributed by atoms with van der Waals surface area (Å²) in [7, 11) is 0. The Kier molecular flexibility index (Phi) is 6.49. The van der Waals surface area contributed by atoms with Crippen molar-refractivity contribution < 1.29 is 34.0 Å². The van der Waals surface area contributed by atoms with Crippen LogP contribution in [0.4, 0.5) is 9.59 Å². The molecule has 1 aliphatic heterocycles. The number of carboxylic acid groups (broad SMARTS) is 2. The summed E-state index contributed by atoms with van der Waals surface area (Å²) in [5, 5.41) is 21.4. The normalized spacial score (nSPS) is 14.2. The zero-order chi connectivity index (χ0) is 22.5. The van der Waals surface area contributed by atoms with Gasteiger partial charge in [-0.1, -0.05) is 48.0 Å². The van der Waals surface area contributed by atoms with Crippen LogP contribution in [0.1, 0.15) is 36.5 Å². The van der Waals surface area contributed by atoms with E-state index in [4.69, 9.17) is 14.2 Å². The summed E-state index contributed by atoms with van der Waals surface area (Å²) in [6, 6.07) is 14.8. The van der Waals surface area contributed by atoms with Crippen LogP contribution in [0.5, 0.6) is 5.75 Å². The van der Waals surface area contributed by atoms with Crippen LogP contribution in [-0.2, 0) is 16.1 Å². The van der Waals surface area contributed by atoms with Gasteiger partial charge in [0, 0.05) is 5.56 Å². The van der Waals surface area contributed by atoms with Crippen LogP contribution in [-0.4, -0.2) is 22.5 Å². The van der Waals surface area contributed by atoms with Gasteiger partial charge in [0.05, 0.1) is 11.4 Å². The molecule has 31 heavy (non-hydrogen) atoms. The lowest BCUT2D eigenvalue weighted by Crippen LogP contribution is -2.28. The predicted molar refractivity (Wildman–Crippen MR) is 111 cm³/mol. The van der Waals surface area contributed by atoms with Crippen LogP contribution in [0.25, 0.3) is 0 Å². The van der Waals surface area contributed by atoms with E-state index in [1.165, 1.54) is 0 Å². The Balaban J connectivity index is 2.03. The van der Waals surface area contributed by atoms with Crippen LogP contribution < -0.4 is 10.1 Å². The molecule has 0 bridgehead atoms. The molecule has 0 unspecified atom stereocenters. The molecule has 0 aromatic heterocycles. The maximum atomic E-state index is 11.3. The summed E-state index contributed by atoms with van der Waals surface area (Å²) in [5.74, 6) is -0.447. The third kappa shape index (κ3) is 5.16. The van der Waals surface area contributed by atoms with E-state index in [0.717, 1.165) is 11.1 Å². The Hall–Kier alpha value is -3.94. The molecule has 0 amide bonds. The highest BCUT2D eigenvalue weighted by atomic mass is 16.7. The van der Waals surface area contributed by atoms with Crippen molar-refractivity contribution in [3.63, 3.8) is 0 Å². The van der Waals surface area contributed by atoms with E-state index in [1.807, 2.05) is 31.2 Å². The maximum absolute atomic E-state index is 11.3. The standard InChI is InChI=1S/C23H23NO7/c1-13-8-10-16(11-9-13)12-29-18-7-5-4-6-17(18)19-20(30-22(25)26)14(2)24-15(3)21(19)31-23(27)28/h4-11,19,24H,12H2,1-3H3,(H,25,26)(H,27,28). The van der Waals surface area contributed by atoms with Gasteiger partial charge in [-0.15, -0.1) is 0 Å². The van der Waals surface area contributed by atoms with E-state index >= 15 is 0 Å². The molecule has 8 heteroatoms. The van der Waals surface area contributed by atoms with Crippen molar-refractivity contribution in [3.05, 3.63) is 88.1 Å². The van der Waals surface area contributed by atoms with Gasteiger partial charge in [-0.3, -0.25) is 0 Å². The van der Waals surface area contributed by atoms with E-state index < -0.39 is 18.2 Å². The fourth-order valence-electron chi connectivity index (χ4n) is 3.39. The van der Waals surface area contributed by atoms with E-state index in [-0.39, 0.29) is 18.1 Å². The quantitative estimate of drug-likeness (QED) is 0.547. The first-order valence-electron chi connectivity index (χ1n) is 9.53. The molecule has 0 atom stereocenters. The fraction of sp³-hybridized carbons (Fsp3) is 0.217. The molecule has 0 saturated carbocycles. The van der Waals surface area contributed by atoms with Crippen molar-refractivity contribution in [2.24, 2.45) is 0 Å². The molecular weight excluding hydrogens is 402 g/mol. The first-order chi connectivity index (χ1) is 14.8. The van der Waals surface area contributed by atoms with Crippen LogP contribution in [0.15, 0.2) is 71.4 Å². The Labute approximate surface area is 179 Å². The van der Waals surface area contributed by atoms with Crippen molar-refractivity contribution in [1.82, 2.24) is 5.32 Å². The maximum Gasteiger partial charge on any atom is 0.511 e. The number of nitrogens with one attached hydrogen (secondary N) is 1. The van der Waals surface area contributed by atoms with Gasteiger partial charge in [0.2, 0.25) is 0 Å². The third-order valence-corrected chi connectivity index (χ3v) is 4.78. The second kappa shape index (κ2) is 9.25. The summed E-state index contributed by atoms with van der Waals surface area (Å²) in [4.78, 5) is 22.7. The summed E-state index contributed by atoms with van der Waals surface area (Å²) in [5.41, 5.74) is 3.45. The van der Waals surface area contributed by atoms with Gasteiger partial charge >= 0.3 is 12.3 Å². The highest BCUT2D eigenvalue weighted by Gasteiger charge is 2.36. The average molecular weight is 425 g/mol. The number of aryl methyl sites for hydroxylation is 1. The van der Waals surface area contributed by atoms with E-state index in [2.05, 4.69) is 5.32 Å². The number of ether oxygens (including phenoxy) is 3. The molecule has 0 aliphatic carbocycles. The lowest BCUT2D eigenvalue weighted by atomic mass is 9.90. The van der Waals surface area contributed by atoms with Gasteiger partial charge in [-0.25, -0.2) is 9.59 Å². The molecule has 0 spiro atoms. The minimum Gasteiger partial charge on any atom is -0.489 e. The summed E-state index contributed by atoms with van der Waals surface area (Å²) in [6.45, 7) is 5.55. The van der Waals surface area contributed by atoms with Gasteiger partial charge in [0.15, 0.2) is 0 Å². The number of para-hydroxylation sites is 1. The minimum absolute atomic E-state index is 0.0146. The lowest BCUT2D eigenvalue weighted by molar-refractivity contribution is 0.0975. The molecule has 3 rings (SSSR count). The molecule has 0 saturated heterocycles. The molecule has 8 nitrogen and oxygen atoms in total. The van der Waals surface area contributed by atoms with Crippen LogP contribution in [0, 0.1) is 6.92 Å². The SMILES string of the molecule is CC1=C(OC(=O)O)C(c2ccccc2OCc2ccc(C)cc2)C(OC(=O)O)=C(C)N1. The Bertz CT molecular complexity index is 1020. The zero-order valence-corrected chi connectivity index (χ0v) is 17.3. The molecule has 1 aliphatic rings. The first-order valence-corrected chi connectivity index (χ1v) is 9.53. The van der Waals surface area contributed by atoms with Crippen LogP contribution in [0.3, 0.4) is 0 Å². The average Bonchev–Trinajstić information content (AvgIpc) is 2.71. The third-order valence-electron chi connectivity index (χ3n) is 4.78. The number of benzene rings is 2. The van der Waals surface area contributed by atoms with Crippen molar-refractivity contribution in [2.75, 3.05) is 0 Å². The van der Waals surface area contributed by atoms with Crippen molar-refractivity contribution in [2.45, 2.75) is 33.3 Å². The van der Waals surface area contributed by atoms with E-state index in [0.29, 0.717) is 22.7 Å². The summed E-state index contributed by atoms with van der Waals surface area (Å²) < 4.78 is 16.1. The zero-order valence-electron chi connectivity index (χ0n) is 17.3. The van der Waals surface area contributed by atoms with Crippen molar-refractivity contribution in [1.29, 1.82) is 0 Å². The monoisotopic (exact) mass is 425 g/mol. The highest BCUT2D eigenvalue weighted by molar-refractivity contribution is 5.63. The molecule has 3 N–H and O–H groups in total. The Morgan fingerprint density at radius 2 is 1.42 bits per heavy atom. The molecule has 162 valence electrons. The van der Waals surface area contributed by atoms with Crippen molar-refractivity contribution >= 4 is 12.3 Å². The molecule has 2 aromatic carbocycles. The largest absolute Gasteiger partial charge is 0.511 e. The number of rotatable bonds is 6. The molecule has 1 heterocycles.